The van der Waals surface area contributed by atoms with Crippen LogP contribution in [0.15, 0.2) is 9.59 Å². The Hall–Kier alpha value is -1.89. The summed E-state index contributed by atoms with van der Waals surface area (Å²) in [5, 5.41) is 12.3. The molecule has 1 atom stereocenters. The number of aliphatic hydroxyl groups is 1. The van der Waals surface area contributed by atoms with Crippen LogP contribution < -0.4 is 16.6 Å². The molecule has 7 heteroatoms. The van der Waals surface area contributed by atoms with Gasteiger partial charge in [-0.1, -0.05) is 0 Å². The van der Waals surface area contributed by atoms with Crippen molar-refractivity contribution in [3.05, 3.63) is 32.1 Å². The lowest BCUT2D eigenvalue weighted by Crippen LogP contribution is -2.34. The topological polar surface area (TPSA) is 115 Å². The Labute approximate surface area is 115 Å². The van der Waals surface area contributed by atoms with Gasteiger partial charge in [-0.25, -0.2) is 4.79 Å². The molecule has 0 aromatic carbocycles. The van der Waals surface area contributed by atoms with Gasteiger partial charge in [0.05, 0.1) is 6.10 Å². The molecule has 0 radical (unpaired) electrons. The highest BCUT2D eigenvalue weighted by atomic mass is 16.3. The molecule has 7 nitrogen and oxygen atoms in total. The number of aromatic nitrogens is 2. The Balaban J connectivity index is 1.84. The van der Waals surface area contributed by atoms with E-state index in [1.807, 2.05) is 0 Å². The highest BCUT2D eigenvalue weighted by Gasteiger charge is 2.29. The van der Waals surface area contributed by atoms with Crippen LogP contribution in [0, 0.1) is 12.8 Å². The van der Waals surface area contributed by atoms with Gasteiger partial charge in [-0.05, 0) is 32.1 Å². The van der Waals surface area contributed by atoms with E-state index in [1.165, 1.54) is 0 Å². The van der Waals surface area contributed by atoms with E-state index in [4.69, 9.17) is 0 Å². The first kappa shape index (κ1) is 14.5. The molecule has 0 saturated heterocycles. The highest BCUT2D eigenvalue weighted by Crippen LogP contribution is 2.32. The molecule has 2 rings (SSSR count). The number of carbonyl (C=O) groups excluding carboxylic acids is 1. The van der Waals surface area contributed by atoms with Crippen molar-refractivity contribution in [1.29, 1.82) is 0 Å². The van der Waals surface area contributed by atoms with Gasteiger partial charge in [0.2, 0.25) is 5.91 Å². The predicted molar refractivity (Wildman–Crippen MR) is 72.5 cm³/mol. The van der Waals surface area contributed by atoms with E-state index in [0.717, 1.165) is 12.8 Å². The molecule has 0 aliphatic heterocycles. The van der Waals surface area contributed by atoms with Crippen LogP contribution in [-0.2, 0) is 11.2 Å². The molecule has 1 aromatic heterocycles. The van der Waals surface area contributed by atoms with Crippen LogP contribution in [0.4, 0.5) is 0 Å². The molecular formula is C13H19N3O4. The zero-order chi connectivity index (χ0) is 14.7. The maximum Gasteiger partial charge on any atom is 0.325 e. The molecule has 1 aromatic rings. The van der Waals surface area contributed by atoms with E-state index >= 15 is 0 Å². The Morgan fingerprint density at radius 1 is 1.40 bits per heavy atom. The number of carbonyl (C=O) groups is 1. The van der Waals surface area contributed by atoms with Gasteiger partial charge in [0.15, 0.2) is 0 Å². The minimum absolute atomic E-state index is 0.146. The van der Waals surface area contributed by atoms with Crippen molar-refractivity contribution in [3.8, 4) is 0 Å². The van der Waals surface area contributed by atoms with Crippen molar-refractivity contribution < 1.29 is 9.90 Å². The van der Waals surface area contributed by atoms with Gasteiger partial charge in [-0.3, -0.25) is 14.6 Å². The first-order valence-corrected chi connectivity index (χ1v) is 6.74. The standard InChI is InChI=1S/C13H19N3O4/c1-7-9(12(19)16-13(20)15-7)4-5-11(18)14-6-10(17)8-2-3-8/h8,10,17H,2-6H2,1H3,(H,14,18)(H2,15,16,19,20). The second-order valence-corrected chi connectivity index (χ2v) is 5.22. The van der Waals surface area contributed by atoms with Crippen molar-refractivity contribution in [1.82, 2.24) is 15.3 Å². The monoisotopic (exact) mass is 281 g/mol. The van der Waals surface area contributed by atoms with Gasteiger partial charge in [-0.15, -0.1) is 0 Å². The summed E-state index contributed by atoms with van der Waals surface area (Å²) in [4.78, 5) is 38.9. The predicted octanol–water partition coefficient (Wildman–Crippen LogP) is -0.809. The largest absolute Gasteiger partial charge is 0.391 e. The van der Waals surface area contributed by atoms with Gasteiger partial charge in [0.25, 0.3) is 5.56 Å². The number of aryl methyl sites for hydroxylation is 1. The number of hydrogen-bond acceptors (Lipinski definition) is 4. The third-order valence-corrected chi connectivity index (χ3v) is 3.53. The normalized spacial score (nSPS) is 15.9. The second-order valence-electron chi connectivity index (χ2n) is 5.22. The van der Waals surface area contributed by atoms with Gasteiger partial charge >= 0.3 is 5.69 Å². The Kier molecular flexibility index (Phi) is 4.39. The summed E-state index contributed by atoms with van der Waals surface area (Å²) in [6.45, 7) is 1.88. The van der Waals surface area contributed by atoms with Gasteiger partial charge < -0.3 is 15.4 Å². The number of amides is 1. The molecule has 1 fully saturated rings. The van der Waals surface area contributed by atoms with E-state index < -0.39 is 17.4 Å². The SMILES string of the molecule is Cc1[nH]c(=O)[nH]c(=O)c1CCC(=O)NCC(O)C1CC1. The maximum absolute atomic E-state index is 11.6. The van der Waals surface area contributed by atoms with Gasteiger partial charge in [0.1, 0.15) is 0 Å². The number of aromatic amines is 2. The summed E-state index contributed by atoms with van der Waals surface area (Å²) in [6, 6.07) is 0. The summed E-state index contributed by atoms with van der Waals surface area (Å²) in [5.41, 5.74) is -0.127. The van der Waals surface area contributed by atoms with Crippen LogP contribution in [0.1, 0.15) is 30.5 Å². The van der Waals surface area contributed by atoms with Crippen molar-refractivity contribution in [2.45, 2.75) is 38.7 Å². The Morgan fingerprint density at radius 3 is 2.70 bits per heavy atom. The number of hydrogen-bond donors (Lipinski definition) is 4. The molecule has 1 unspecified atom stereocenters. The summed E-state index contributed by atoms with van der Waals surface area (Å²) in [5.74, 6) is 0.106. The first-order chi connectivity index (χ1) is 9.47. The lowest BCUT2D eigenvalue weighted by atomic mass is 10.1. The average Bonchev–Trinajstić information content (AvgIpc) is 3.18. The van der Waals surface area contributed by atoms with E-state index in [1.54, 1.807) is 6.92 Å². The molecule has 1 amide bonds. The van der Waals surface area contributed by atoms with Crippen LogP contribution in [0.25, 0.3) is 0 Å². The fraction of sp³-hybridized carbons (Fsp3) is 0.615. The minimum Gasteiger partial charge on any atom is -0.391 e. The van der Waals surface area contributed by atoms with Crippen LogP contribution in [0.2, 0.25) is 0 Å². The van der Waals surface area contributed by atoms with Crippen LogP contribution in [-0.4, -0.2) is 33.6 Å². The Bertz CT molecular complexity index is 600. The van der Waals surface area contributed by atoms with Crippen molar-refractivity contribution in [3.63, 3.8) is 0 Å². The van der Waals surface area contributed by atoms with E-state index in [0.29, 0.717) is 17.2 Å². The molecule has 1 aliphatic carbocycles. The summed E-state index contributed by atoms with van der Waals surface area (Å²) in [7, 11) is 0. The maximum atomic E-state index is 11.6. The summed E-state index contributed by atoms with van der Waals surface area (Å²) >= 11 is 0. The minimum atomic E-state index is -0.548. The van der Waals surface area contributed by atoms with Gasteiger partial charge in [0, 0.05) is 24.2 Å². The molecule has 4 N–H and O–H groups in total. The number of aliphatic hydroxyl groups excluding tert-OH is 1. The lowest BCUT2D eigenvalue weighted by Gasteiger charge is -2.10. The first-order valence-electron chi connectivity index (χ1n) is 6.74. The molecule has 0 spiro atoms. The van der Waals surface area contributed by atoms with E-state index in [9.17, 15) is 19.5 Å². The number of rotatable bonds is 6. The molecule has 1 heterocycles. The van der Waals surface area contributed by atoms with Crippen molar-refractivity contribution in [2.75, 3.05) is 6.54 Å². The molecule has 0 bridgehead atoms. The summed E-state index contributed by atoms with van der Waals surface area (Å²) in [6.07, 6.45) is 1.96. The number of H-pyrrole nitrogens is 2. The Morgan fingerprint density at radius 2 is 2.10 bits per heavy atom. The quantitative estimate of drug-likeness (QED) is 0.546. The van der Waals surface area contributed by atoms with Crippen LogP contribution in [0.5, 0.6) is 0 Å². The molecule has 1 aliphatic rings. The zero-order valence-corrected chi connectivity index (χ0v) is 11.4. The second kappa shape index (κ2) is 6.04. The summed E-state index contributed by atoms with van der Waals surface area (Å²) < 4.78 is 0. The third-order valence-electron chi connectivity index (χ3n) is 3.53. The lowest BCUT2D eigenvalue weighted by molar-refractivity contribution is -0.121. The molecule has 1 saturated carbocycles. The van der Waals surface area contributed by atoms with E-state index in [-0.39, 0.29) is 25.3 Å². The van der Waals surface area contributed by atoms with Crippen LogP contribution in [0.3, 0.4) is 0 Å². The van der Waals surface area contributed by atoms with Crippen LogP contribution >= 0.6 is 0 Å². The smallest absolute Gasteiger partial charge is 0.325 e. The molecular weight excluding hydrogens is 262 g/mol. The zero-order valence-electron chi connectivity index (χ0n) is 11.4. The average molecular weight is 281 g/mol. The molecule has 110 valence electrons. The van der Waals surface area contributed by atoms with Crippen molar-refractivity contribution in [2.24, 2.45) is 5.92 Å². The number of nitrogens with one attached hydrogen (secondary N) is 3. The fourth-order valence-electron chi connectivity index (χ4n) is 2.12. The molecule has 20 heavy (non-hydrogen) atoms. The highest BCUT2D eigenvalue weighted by molar-refractivity contribution is 5.76. The van der Waals surface area contributed by atoms with Gasteiger partial charge in [-0.2, -0.15) is 0 Å². The fourth-order valence-corrected chi connectivity index (χ4v) is 2.12. The van der Waals surface area contributed by atoms with E-state index in [2.05, 4.69) is 15.3 Å². The van der Waals surface area contributed by atoms with Crippen molar-refractivity contribution >= 4 is 5.91 Å². The third kappa shape index (κ3) is 3.80.